The van der Waals surface area contributed by atoms with E-state index in [0.717, 1.165) is 37.7 Å². The topological polar surface area (TPSA) is 72.2 Å². The lowest BCUT2D eigenvalue weighted by atomic mass is 9.97. The third-order valence-corrected chi connectivity index (χ3v) is 5.75. The Kier molecular flexibility index (Phi) is 5.65. The summed E-state index contributed by atoms with van der Waals surface area (Å²) in [5.74, 6) is 0. The van der Waals surface area contributed by atoms with E-state index in [1.807, 2.05) is 13.0 Å². The first kappa shape index (κ1) is 16.3. The van der Waals surface area contributed by atoms with E-state index in [4.69, 9.17) is 5.73 Å². The van der Waals surface area contributed by atoms with Crippen molar-refractivity contribution in [2.45, 2.75) is 69.2 Å². The maximum atomic E-state index is 12.5. The zero-order chi connectivity index (χ0) is 15.3. The molecule has 0 spiro atoms. The van der Waals surface area contributed by atoms with Crippen LogP contribution >= 0.6 is 0 Å². The van der Waals surface area contributed by atoms with Gasteiger partial charge in [-0.05, 0) is 37.0 Å². The van der Waals surface area contributed by atoms with Crippen molar-refractivity contribution in [3.05, 3.63) is 23.8 Å². The molecule has 0 heterocycles. The van der Waals surface area contributed by atoms with E-state index in [2.05, 4.69) is 4.72 Å². The molecule has 1 aliphatic carbocycles. The van der Waals surface area contributed by atoms with Gasteiger partial charge < -0.3 is 5.73 Å². The minimum Gasteiger partial charge on any atom is -0.398 e. The Balaban J connectivity index is 2.11. The van der Waals surface area contributed by atoms with Crippen LogP contribution in [0.3, 0.4) is 0 Å². The average molecular weight is 310 g/mol. The molecule has 1 fully saturated rings. The molecule has 2 rings (SSSR count). The van der Waals surface area contributed by atoms with Crippen molar-refractivity contribution in [2.24, 2.45) is 0 Å². The van der Waals surface area contributed by atoms with Crippen molar-refractivity contribution >= 4 is 15.7 Å². The molecule has 0 amide bonds. The van der Waals surface area contributed by atoms with Crippen LogP contribution in [0.1, 0.15) is 57.4 Å². The predicted molar refractivity (Wildman–Crippen MR) is 86.7 cm³/mol. The average Bonchev–Trinajstić information content (AvgIpc) is 2.41. The zero-order valence-electron chi connectivity index (χ0n) is 12.8. The number of anilines is 1. The van der Waals surface area contributed by atoms with Crippen LogP contribution in [0.25, 0.3) is 0 Å². The van der Waals surface area contributed by atoms with Gasteiger partial charge in [-0.1, -0.05) is 45.1 Å². The monoisotopic (exact) mass is 310 g/mol. The second kappa shape index (κ2) is 7.27. The summed E-state index contributed by atoms with van der Waals surface area (Å²) >= 11 is 0. The summed E-state index contributed by atoms with van der Waals surface area (Å²) in [6, 6.07) is 5.09. The lowest BCUT2D eigenvalue weighted by Gasteiger charge is -2.21. The summed E-state index contributed by atoms with van der Waals surface area (Å²) in [6.45, 7) is 2.01. The molecule has 0 saturated heterocycles. The zero-order valence-corrected chi connectivity index (χ0v) is 13.6. The highest BCUT2D eigenvalue weighted by Crippen LogP contribution is 2.22. The maximum absolute atomic E-state index is 12.5. The van der Waals surface area contributed by atoms with Crippen molar-refractivity contribution in [2.75, 3.05) is 5.73 Å². The smallest absolute Gasteiger partial charge is 0.240 e. The van der Waals surface area contributed by atoms with Gasteiger partial charge in [-0.15, -0.1) is 0 Å². The molecule has 21 heavy (non-hydrogen) atoms. The Morgan fingerprint density at radius 1 is 1.14 bits per heavy atom. The molecule has 0 aromatic heterocycles. The Morgan fingerprint density at radius 2 is 1.76 bits per heavy atom. The number of hydrogen-bond donors (Lipinski definition) is 2. The summed E-state index contributed by atoms with van der Waals surface area (Å²) in [7, 11) is -3.47. The second-order valence-corrected chi connectivity index (χ2v) is 7.59. The van der Waals surface area contributed by atoms with E-state index in [1.54, 1.807) is 12.1 Å². The highest BCUT2D eigenvalue weighted by atomic mass is 32.2. The summed E-state index contributed by atoms with van der Waals surface area (Å²) in [4.78, 5) is 0.277. The van der Waals surface area contributed by atoms with Gasteiger partial charge in [0.1, 0.15) is 0 Å². The summed E-state index contributed by atoms with van der Waals surface area (Å²) < 4.78 is 27.8. The molecular weight excluding hydrogens is 284 g/mol. The quantitative estimate of drug-likeness (QED) is 0.839. The number of aryl methyl sites for hydroxylation is 1. The molecule has 3 N–H and O–H groups in total. The van der Waals surface area contributed by atoms with Crippen LogP contribution in [0, 0.1) is 0 Å². The first-order valence-electron chi connectivity index (χ1n) is 7.93. The number of benzene rings is 1. The Morgan fingerprint density at radius 3 is 2.33 bits per heavy atom. The van der Waals surface area contributed by atoms with Gasteiger partial charge in [-0.25, -0.2) is 13.1 Å². The SMILES string of the molecule is CCc1ccc(S(=O)(=O)NC2CCCCCCC2)cc1N. The number of hydrogen-bond acceptors (Lipinski definition) is 3. The van der Waals surface area contributed by atoms with Crippen molar-refractivity contribution in [1.29, 1.82) is 0 Å². The highest BCUT2D eigenvalue weighted by Gasteiger charge is 2.21. The lowest BCUT2D eigenvalue weighted by molar-refractivity contribution is 0.426. The predicted octanol–water partition coefficient (Wildman–Crippen LogP) is 3.22. The molecule has 118 valence electrons. The number of rotatable bonds is 4. The molecule has 0 atom stereocenters. The molecule has 1 saturated carbocycles. The summed E-state index contributed by atoms with van der Waals surface area (Å²) in [5, 5.41) is 0. The van der Waals surface area contributed by atoms with E-state index >= 15 is 0 Å². The standard InChI is InChI=1S/C16H26N2O2S/c1-2-13-10-11-15(12-16(13)17)21(19,20)18-14-8-6-4-3-5-7-9-14/h10-12,14,18H,2-9,17H2,1H3. The molecule has 1 aromatic rings. The van der Waals surface area contributed by atoms with Crippen molar-refractivity contribution in [3.63, 3.8) is 0 Å². The third kappa shape index (κ3) is 4.45. The van der Waals surface area contributed by atoms with Crippen LogP contribution in [0.15, 0.2) is 23.1 Å². The van der Waals surface area contributed by atoms with E-state index in [-0.39, 0.29) is 10.9 Å². The molecule has 5 heteroatoms. The Bertz CT molecular complexity index is 562. The normalized spacial score (nSPS) is 18.1. The second-order valence-electron chi connectivity index (χ2n) is 5.88. The fourth-order valence-corrected chi connectivity index (χ4v) is 4.26. The first-order valence-corrected chi connectivity index (χ1v) is 9.42. The van der Waals surface area contributed by atoms with Gasteiger partial charge in [0.25, 0.3) is 0 Å². The molecular formula is C16H26N2O2S. The van der Waals surface area contributed by atoms with Gasteiger partial charge in [0.05, 0.1) is 4.90 Å². The van der Waals surface area contributed by atoms with Crippen LogP contribution in [-0.2, 0) is 16.4 Å². The molecule has 0 unspecified atom stereocenters. The molecule has 0 aliphatic heterocycles. The minimum atomic E-state index is -3.47. The van der Waals surface area contributed by atoms with Crippen LogP contribution in [0.4, 0.5) is 5.69 Å². The van der Waals surface area contributed by atoms with Gasteiger partial charge in [-0.2, -0.15) is 0 Å². The van der Waals surface area contributed by atoms with Crippen LogP contribution < -0.4 is 10.5 Å². The van der Waals surface area contributed by atoms with Gasteiger partial charge in [0.2, 0.25) is 10.0 Å². The minimum absolute atomic E-state index is 0.0578. The first-order chi connectivity index (χ1) is 10.0. The summed E-state index contributed by atoms with van der Waals surface area (Å²) in [6.07, 6.45) is 8.56. The number of sulfonamides is 1. The molecule has 4 nitrogen and oxygen atoms in total. The van der Waals surface area contributed by atoms with Gasteiger partial charge in [0, 0.05) is 11.7 Å². The van der Waals surface area contributed by atoms with Gasteiger partial charge >= 0.3 is 0 Å². The fourth-order valence-electron chi connectivity index (χ4n) is 2.92. The molecule has 1 aliphatic rings. The third-order valence-electron chi connectivity index (χ3n) is 4.24. The largest absolute Gasteiger partial charge is 0.398 e. The highest BCUT2D eigenvalue weighted by molar-refractivity contribution is 7.89. The van der Waals surface area contributed by atoms with Gasteiger partial charge in [-0.3, -0.25) is 0 Å². The summed E-state index contributed by atoms with van der Waals surface area (Å²) in [5.41, 5.74) is 7.45. The van der Waals surface area contributed by atoms with E-state index in [1.165, 1.54) is 19.3 Å². The van der Waals surface area contributed by atoms with E-state index in [9.17, 15) is 8.42 Å². The number of nitrogens with two attached hydrogens (primary N) is 1. The Labute approximate surface area is 128 Å². The Hall–Kier alpha value is -1.07. The van der Waals surface area contributed by atoms with Crippen molar-refractivity contribution in [1.82, 2.24) is 4.72 Å². The van der Waals surface area contributed by atoms with Crippen LogP contribution in [0.2, 0.25) is 0 Å². The molecule has 1 aromatic carbocycles. The fraction of sp³-hybridized carbons (Fsp3) is 0.625. The molecule has 0 radical (unpaired) electrons. The lowest BCUT2D eigenvalue weighted by Crippen LogP contribution is -2.35. The number of nitrogens with one attached hydrogen (secondary N) is 1. The van der Waals surface area contributed by atoms with Gasteiger partial charge in [0.15, 0.2) is 0 Å². The van der Waals surface area contributed by atoms with E-state index < -0.39 is 10.0 Å². The molecule has 0 bridgehead atoms. The number of nitrogen functional groups attached to an aromatic ring is 1. The van der Waals surface area contributed by atoms with E-state index in [0.29, 0.717) is 5.69 Å². The maximum Gasteiger partial charge on any atom is 0.240 e. The van der Waals surface area contributed by atoms with Crippen LogP contribution in [-0.4, -0.2) is 14.5 Å². The van der Waals surface area contributed by atoms with Crippen molar-refractivity contribution in [3.8, 4) is 0 Å². The van der Waals surface area contributed by atoms with Crippen LogP contribution in [0.5, 0.6) is 0 Å². The van der Waals surface area contributed by atoms with Crippen molar-refractivity contribution < 1.29 is 8.42 Å².